The molecular formula is C9H16F3N. The molecule has 0 radical (unpaired) electrons. The highest BCUT2D eigenvalue weighted by Gasteiger charge is 2.49. The van der Waals surface area contributed by atoms with Crippen molar-refractivity contribution >= 4 is 0 Å². The summed E-state index contributed by atoms with van der Waals surface area (Å²) in [5, 5.41) is 2.63. The summed E-state index contributed by atoms with van der Waals surface area (Å²) in [6.07, 6.45) is -2.70. The summed E-state index contributed by atoms with van der Waals surface area (Å²) in [7, 11) is 0. The molecule has 1 rings (SSSR count). The molecule has 0 heterocycles. The molecule has 4 heteroatoms. The molecule has 0 aromatic rings. The van der Waals surface area contributed by atoms with Crippen LogP contribution in [0.2, 0.25) is 0 Å². The number of rotatable bonds is 2. The summed E-state index contributed by atoms with van der Waals surface area (Å²) >= 11 is 0. The predicted molar refractivity (Wildman–Crippen MR) is 45.5 cm³/mol. The third-order valence-corrected chi connectivity index (χ3v) is 2.03. The van der Waals surface area contributed by atoms with Crippen LogP contribution in [0.3, 0.4) is 0 Å². The zero-order valence-electron chi connectivity index (χ0n) is 8.20. The Kier molecular flexibility index (Phi) is 2.63. The first-order valence-corrected chi connectivity index (χ1v) is 4.54. The second-order valence-electron chi connectivity index (χ2n) is 4.75. The van der Waals surface area contributed by atoms with Crippen LogP contribution >= 0.6 is 0 Å². The van der Waals surface area contributed by atoms with Crippen LogP contribution in [0, 0.1) is 5.92 Å². The van der Waals surface area contributed by atoms with E-state index in [0.717, 1.165) is 0 Å². The Bertz CT molecular complexity index is 176. The molecule has 0 aromatic carbocycles. The molecule has 0 amide bonds. The van der Waals surface area contributed by atoms with Crippen LogP contribution < -0.4 is 5.32 Å². The molecule has 13 heavy (non-hydrogen) atoms. The molecule has 0 bridgehead atoms. The summed E-state index contributed by atoms with van der Waals surface area (Å²) in [5.41, 5.74) is -0.469. The molecule has 0 saturated heterocycles. The van der Waals surface area contributed by atoms with Crippen molar-refractivity contribution in [2.75, 3.05) is 0 Å². The van der Waals surface area contributed by atoms with E-state index >= 15 is 0 Å². The highest BCUT2D eigenvalue weighted by molar-refractivity contribution is 4.94. The third-order valence-electron chi connectivity index (χ3n) is 2.03. The van der Waals surface area contributed by atoms with Gasteiger partial charge in [-0.3, -0.25) is 0 Å². The van der Waals surface area contributed by atoms with Gasteiger partial charge in [-0.05, 0) is 39.5 Å². The number of hydrogen-bond donors (Lipinski definition) is 1. The zero-order valence-corrected chi connectivity index (χ0v) is 8.20. The summed E-state index contributed by atoms with van der Waals surface area (Å²) in [6.45, 7) is 5.27. The van der Waals surface area contributed by atoms with Crippen LogP contribution in [0.15, 0.2) is 0 Å². The van der Waals surface area contributed by atoms with E-state index in [9.17, 15) is 13.2 Å². The average Bonchev–Trinajstić information content (AvgIpc) is 2.58. The molecule has 1 aliphatic carbocycles. The highest BCUT2D eigenvalue weighted by Crippen LogP contribution is 2.40. The van der Waals surface area contributed by atoms with Gasteiger partial charge in [-0.25, -0.2) is 0 Å². The molecular weight excluding hydrogens is 179 g/mol. The van der Waals surface area contributed by atoms with Gasteiger partial charge in [0.25, 0.3) is 0 Å². The fourth-order valence-electron chi connectivity index (χ4n) is 1.36. The second kappa shape index (κ2) is 3.15. The van der Waals surface area contributed by atoms with E-state index in [-0.39, 0.29) is 5.92 Å². The predicted octanol–water partition coefficient (Wildman–Crippen LogP) is 2.72. The summed E-state index contributed by atoms with van der Waals surface area (Å²) < 4.78 is 37.4. The van der Waals surface area contributed by atoms with Crippen molar-refractivity contribution in [3.63, 3.8) is 0 Å². The van der Waals surface area contributed by atoms with Gasteiger partial charge in [0, 0.05) is 5.54 Å². The minimum absolute atomic E-state index is 0.195. The van der Waals surface area contributed by atoms with E-state index in [1.54, 1.807) is 20.8 Å². The maximum absolute atomic E-state index is 12.5. The molecule has 1 aliphatic rings. The fraction of sp³-hybridized carbons (Fsp3) is 1.00. The van der Waals surface area contributed by atoms with Gasteiger partial charge in [0.15, 0.2) is 0 Å². The van der Waals surface area contributed by atoms with Gasteiger partial charge in [0.05, 0.1) is 0 Å². The second-order valence-corrected chi connectivity index (χ2v) is 4.75. The van der Waals surface area contributed by atoms with E-state index in [1.807, 2.05) is 0 Å². The third kappa shape index (κ3) is 3.55. The normalized spacial score (nSPS) is 21.7. The summed E-state index contributed by atoms with van der Waals surface area (Å²) in [4.78, 5) is 0. The Labute approximate surface area is 76.7 Å². The van der Waals surface area contributed by atoms with Crippen LogP contribution in [0.5, 0.6) is 0 Å². The number of nitrogens with one attached hydrogen (secondary N) is 1. The minimum atomic E-state index is -4.10. The maximum Gasteiger partial charge on any atom is 0.404 e. The Morgan fingerprint density at radius 2 is 1.62 bits per heavy atom. The fourth-order valence-corrected chi connectivity index (χ4v) is 1.36. The first-order chi connectivity index (χ1) is 5.70. The van der Waals surface area contributed by atoms with Crippen molar-refractivity contribution < 1.29 is 13.2 Å². The van der Waals surface area contributed by atoms with Crippen molar-refractivity contribution in [1.29, 1.82) is 0 Å². The smallest absolute Gasteiger partial charge is 0.301 e. The van der Waals surface area contributed by atoms with Gasteiger partial charge < -0.3 is 5.32 Å². The molecule has 0 aromatic heterocycles. The molecule has 1 atom stereocenters. The van der Waals surface area contributed by atoms with E-state index < -0.39 is 17.8 Å². The van der Waals surface area contributed by atoms with Gasteiger partial charge in [-0.15, -0.1) is 0 Å². The molecule has 78 valence electrons. The standard InChI is InChI=1S/C9H16F3N/c1-8(2,3)13-7(6-4-5-6)9(10,11)12/h6-7,13H,4-5H2,1-3H3/t7-/m0/s1. The van der Waals surface area contributed by atoms with Crippen LogP contribution in [0.1, 0.15) is 33.6 Å². The zero-order chi connectivity index (χ0) is 10.3. The molecule has 0 unspecified atom stereocenters. The quantitative estimate of drug-likeness (QED) is 0.714. The minimum Gasteiger partial charge on any atom is -0.301 e. The van der Waals surface area contributed by atoms with Gasteiger partial charge in [0.1, 0.15) is 6.04 Å². The van der Waals surface area contributed by atoms with Crippen molar-refractivity contribution in [3.05, 3.63) is 0 Å². The molecule has 0 spiro atoms. The van der Waals surface area contributed by atoms with Crippen LogP contribution in [-0.2, 0) is 0 Å². The molecule has 1 saturated carbocycles. The van der Waals surface area contributed by atoms with Gasteiger partial charge in [-0.1, -0.05) is 0 Å². The first kappa shape index (κ1) is 10.8. The number of alkyl halides is 3. The Morgan fingerprint density at radius 1 is 1.15 bits per heavy atom. The van der Waals surface area contributed by atoms with E-state index in [2.05, 4.69) is 5.32 Å². The lowest BCUT2D eigenvalue weighted by atomic mass is 10.0. The van der Waals surface area contributed by atoms with Gasteiger partial charge in [0.2, 0.25) is 0 Å². The number of halogens is 3. The van der Waals surface area contributed by atoms with E-state index in [0.29, 0.717) is 12.8 Å². The summed E-state index contributed by atoms with van der Waals surface area (Å²) in [6, 6.07) is -1.31. The highest BCUT2D eigenvalue weighted by atomic mass is 19.4. The molecule has 1 fully saturated rings. The van der Waals surface area contributed by atoms with Crippen molar-refractivity contribution in [3.8, 4) is 0 Å². The largest absolute Gasteiger partial charge is 0.404 e. The number of hydrogen-bond acceptors (Lipinski definition) is 1. The van der Waals surface area contributed by atoms with Crippen molar-refractivity contribution in [1.82, 2.24) is 5.32 Å². The van der Waals surface area contributed by atoms with Gasteiger partial charge >= 0.3 is 6.18 Å². The van der Waals surface area contributed by atoms with Crippen molar-refractivity contribution in [2.24, 2.45) is 5.92 Å². The van der Waals surface area contributed by atoms with Crippen LogP contribution in [-0.4, -0.2) is 17.8 Å². The maximum atomic E-state index is 12.5. The van der Waals surface area contributed by atoms with Crippen molar-refractivity contribution in [2.45, 2.75) is 51.4 Å². The Balaban J connectivity index is 2.58. The van der Waals surface area contributed by atoms with Crippen LogP contribution in [0.4, 0.5) is 13.2 Å². The van der Waals surface area contributed by atoms with Crippen LogP contribution in [0.25, 0.3) is 0 Å². The topological polar surface area (TPSA) is 12.0 Å². The molecule has 1 nitrogen and oxygen atoms in total. The Morgan fingerprint density at radius 3 is 1.85 bits per heavy atom. The van der Waals surface area contributed by atoms with E-state index in [1.165, 1.54) is 0 Å². The lowest BCUT2D eigenvalue weighted by molar-refractivity contribution is -0.164. The molecule has 1 N–H and O–H groups in total. The first-order valence-electron chi connectivity index (χ1n) is 4.54. The lowest BCUT2D eigenvalue weighted by Gasteiger charge is -2.30. The SMILES string of the molecule is CC(C)(C)N[C@@H](C1CC1)C(F)(F)F. The monoisotopic (exact) mass is 195 g/mol. The Hall–Kier alpha value is -0.250. The lowest BCUT2D eigenvalue weighted by Crippen LogP contribution is -2.52. The molecule has 0 aliphatic heterocycles. The van der Waals surface area contributed by atoms with Gasteiger partial charge in [-0.2, -0.15) is 13.2 Å². The average molecular weight is 195 g/mol. The van der Waals surface area contributed by atoms with E-state index in [4.69, 9.17) is 0 Å². The summed E-state index contributed by atoms with van der Waals surface area (Å²) in [5.74, 6) is -0.195.